The predicted molar refractivity (Wildman–Crippen MR) is 91.6 cm³/mol. The molecule has 1 N–H and O–H groups in total. The third-order valence-corrected chi connectivity index (χ3v) is 5.50. The van der Waals surface area contributed by atoms with Gasteiger partial charge >= 0.3 is 5.97 Å². The van der Waals surface area contributed by atoms with Crippen molar-refractivity contribution in [2.24, 2.45) is 0 Å². The summed E-state index contributed by atoms with van der Waals surface area (Å²) in [4.78, 5) is 12.2. The fourth-order valence-electron chi connectivity index (χ4n) is 2.12. The van der Waals surface area contributed by atoms with Gasteiger partial charge in [-0.3, -0.25) is 0 Å². The van der Waals surface area contributed by atoms with Gasteiger partial charge in [0.25, 0.3) is 0 Å². The zero-order chi connectivity index (χ0) is 18.6. The second kappa shape index (κ2) is 7.79. The largest absolute Gasteiger partial charge is 0.457 e. The fraction of sp³-hybridized carbons (Fsp3) is 0.412. The Balaban J connectivity index is 2.05. The SMILES string of the molecule is CC[C@@H](C)NS(=O)(=O)c1ccc(C(=O)OCc2c(C)noc2C)cc1. The van der Waals surface area contributed by atoms with Crippen LogP contribution in [-0.2, 0) is 21.4 Å². The maximum atomic E-state index is 12.2. The highest BCUT2D eigenvalue weighted by Crippen LogP contribution is 2.16. The van der Waals surface area contributed by atoms with Crippen molar-refractivity contribution in [1.29, 1.82) is 0 Å². The normalized spacial score (nSPS) is 12.8. The predicted octanol–water partition coefficient (Wildman–Crippen LogP) is 2.73. The van der Waals surface area contributed by atoms with E-state index < -0.39 is 16.0 Å². The summed E-state index contributed by atoms with van der Waals surface area (Å²) in [6.07, 6.45) is 0.686. The van der Waals surface area contributed by atoms with Crippen LogP contribution in [0.2, 0.25) is 0 Å². The number of carbonyl (C=O) groups excluding carboxylic acids is 1. The van der Waals surface area contributed by atoms with E-state index in [1.807, 2.05) is 6.92 Å². The number of hydrogen-bond donors (Lipinski definition) is 1. The molecule has 0 aliphatic heterocycles. The molecule has 0 aliphatic carbocycles. The smallest absolute Gasteiger partial charge is 0.338 e. The second-order valence-corrected chi connectivity index (χ2v) is 7.55. The number of aryl methyl sites for hydroxylation is 2. The number of sulfonamides is 1. The van der Waals surface area contributed by atoms with Crippen LogP contribution in [-0.4, -0.2) is 25.6 Å². The third-order valence-electron chi connectivity index (χ3n) is 3.90. The van der Waals surface area contributed by atoms with Crippen LogP contribution in [0.4, 0.5) is 0 Å². The Morgan fingerprint density at radius 3 is 2.44 bits per heavy atom. The Labute approximate surface area is 147 Å². The number of ether oxygens (including phenoxy) is 1. The number of nitrogens with zero attached hydrogens (tertiary/aromatic N) is 1. The first-order valence-electron chi connectivity index (χ1n) is 7.96. The molecule has 136 valence electrons. The summed E-state index contributed by atoms with van der Waals surface area (Å²) in [5.41, 5.74) is 1.67. The van der Waals surface area contributed by atoms with Gasteiger partial charge in [0.15, 0.2) is 0 Å². The van der Waals surface area contributed by atoms with E-state index in [9.17, 15) is 13.2 Å². The average Bonchev–Trinajstić information content (AvgIpc) is 2.90. The zero-order valence-corrected chi connectivity index (χ0v) is 15.5. The summed E-state index contributed by atoms with van der Waals surface area (Å²) in [6.45, 7) is 7.25. The monoisotopic (exact) mass is 366 g/mol. The molecule has 1 aromatic heterocycles. The molecule has 8 heteroatoms. The van der Waals surface area contributed by atoms with Gasteiger partial charge in [-0.05, 0) is 51.5 Å². The molecular weight excluding hydrogens is 344 g/mol. The lowest BCUT2D eigenvalue weighted by atomic mass is 10.2. The van der Waals surface area contributed by atoms with E-state index in [2.05, 4.69) is 9.88 Å². The van der Waals surface area contributed by atoms with Gasteiger partial charge in [0.05, 0.1) is 21.7 Å². The van der Waals surface area contributed by atoms with Gasteiger partial charge in [0.2, 0.25) is 10.0 Å². The number of aromatic nitrogens is 1. The van der Waals surface area contributed by atoms with Crippen LogP contribution in [0.1, 0.15) is 47.6 Å². The van der Waals surface area contributed by atoms with Gasteiger partial charge in [-0.2, -0.15) is 0 Å². The Hall–Kier alpha value is -2.19. The number of esters is 1. The molecule has 0 amide bonds. The Kier molecular flexibility index (Phi) is 5.97. The molecule has 2 aromatic rings. The molecule has 2 rings (SSSR count). The van der Waals surface area contributed by atoms with Crippen molar-refractivity contribution in [2.75, 3.05) is 0 Å². The molecule has 25 heavy (non-hydrogen) atoms. The molecule has 0 bridgehead atoms. The van der Waals surface area contributed by atoms with Crippen molar-refractivity contribution in [2.45, 2.75) is 51.7 Å². The summed E-state index contributed by atoms with van der Waals surface area (Å²) in [5, 5.41) is 3.80. The van der Waals surface area contributed by atoms with Crippen molar-refractivity contribution in [3.05, 3.63) is 46.8 Å². The molecule has 0 fully saturated rings. The van der Waals surface area contributed by atoms with Gasteiger partial charge in [-0.15, -0.1) is 0 Å². The summed E-state index contributed by atoms with van der Waals surface area (Å²) < 4.78 is 37.2. The van der Waals surface area contributed by atoms with Gasteiger partial charge in [0.1, 0.15) is 12.4 Å². The first-order valence-corrected chi connectivity index (χ1v) is 9.44. The molecule has 0 radical (unpaired) electrons. The van der Waals surface area contributed by atoms with Crippen LogP contribution in [0, 0.1) is 13.8 Å². The van der Waals surface area contributed by atoms with Crippen LogP contribution in [0.25, 0.3) is 0 Å². The Bertz CT molecular complexity index is 821. The molecular formula is C17H22N2O5S. The van der Waals surface area contributed by atoms with Gasteiger partial charge < -0.3 is 9.26 Å². The standard InChI is InChI=1S/C17H22N2O5S/c1-5-11(2)19-25(21,22)15-8-6-14(7-9-15)17(20)23-10-16-12(3)18-24-13(16)4/h6-9,11,19H,5,10H2,1-4H3/t11-/m1/s1. The van der Waals surface area contributed by atoms with Gasteiger partial charge in [0, 0.05) is 6.04 Å². The van der Waals surface area contributed by atoms with Crippen LogP contribution in [0.15, 0.2) is 33.7 Å². The van der Waals surface area contributed by atoms with Crippen LogP contribution >= 0.6 is 0 Å². The average molecular weight is 366 g/mol. The van der Waals surface area contributed by atoms with E-state index in [0.29, 0.717) is 17.9 Å². The molecule has 1 aromatic carbocycles. The molecule has 0 unspecified atom stereocenters. The zero-order valence-electron chi connectivity index (χ0n) is 14.7. The maximum absolute atomic E-state index is 12.2. The molecule has 0 aliphatic rings. The van der Waals surface area contributed by atoms with Crippen molar-refractivity contribution >= 4 is 16.0 Å². The fourth-order valence-corrected chi connectivity index (χ4v) is 3.44. The van der Waals surface area contributed by atoms with E-state index >= 15 is 0 Å². The number of carbonyl (C=O) groups is 1. The molecule has 7 nitrogen and oxygen atoms in total. The summed E-state index contributed by atoms with van der Waals surface area (Å²) >= 11 is 0. The quantitative estimate of drug-likeness (QED) is 0.757. The molecule has 1 atom stereocenters. The summed E-state index contributed by atoms with van der Waals surface area (Å²) in [7, 11) is -3.60. The second-order valence-electron chi connectivity index (χ2n) is 5.83. The Morgan fingerprint density at radius 1 is 1.28 bits per heavy atom. The summed E-state index contributed by atoms with van der Waals surface area (Å²) in [6, 6.07) is 5.47. The van der Waals surface area contributed by atoms with Crippen molar-refractivity contribution in [1.82, 2.24) is 9.88 Å². The minimum absolute atomic E-state index is 0.0512. The summed E-state index contributed by atoms with van der Waals surface area (Å²) in [5.74, 6) is 0.0571. The number of rotatable bonds is 7. The maximum Gasteiger partial charge on any atom is 0.338 e. The number of benzene rings is 1. The number of hydrogen-bond acceptors (Lipinski definition) is 6. The van der Waals surface area contributed by atoms with Gasteiger partial charge in [-0.1, -0.05) is 12.1 Å². The van der Waals surface area contributed by atoms with Crippen molar-refractivity contribution in [3.8, 4) is 0 Å². The first-order chi connectivity index (χ1) is 11.7. The van der Waals surface area contributed by atoms with E-state index in [1.54, 1.807) is 20.8 Å². The van der Waals surface area contributed by atoms with Crippen molar-refractivity contribution < 1.29 is 22.5 Å². The molecule has 0 saturated carbocycles. The lowest BCUT2D eigenvalue weighted by molar-refractivity contribution is 0.0470. The van der Waals surface area contributed by atoms with E-state index in [-0.39, 0.29) is 23.1 Å². The van der Waals surface area contributed by atoms with Crippen LogP contribution < -0.4 is 4.72 Å². The lowest BCUT2D eigenvalue weighted by Crippen LogP contribution is -2.32. The lowest BCUT2D eigenvalue weighted by Gasteiger charge is -2.12. The minimum atomic E-state index is -3.60. The molecule has 0 spiro atoms. The van der Waals surface area contributed by atoms with Gasteiger partial charge in [-0.25, -0.2) is 17.9 Å². The van der Waals surface area contributed by atoms with E-state index in [1.165, 1.54) is 24.3 Å². The van der Waals surface area contributed by atoms with E-state index in [4.69, 9.17) is 9.26 Å². The van der Waals surface area contributed by atoms with Crippen LogP contribution in [0.3, 0.4) is 0 Å². The Morgan fingerprint density at radius 2 is 1.92 bits per heavy atom. The highest BCUT2D eigenvalue weighted by molar-refractivity contribution is 7.89. The molecule has 1 heterocycles. The highest BCUT2D eigenvalue weighted by atomic mass is 32.2. The van der Waals surface area contributed by atoms with E-state index in [0.717, 1.165) is 5.56 Å². The first kappa shape index (κ1) is 19.1. The van der Waals surface area contributed by atoms with Crippen LogP contribution in [0.5, 0.6) is 0 Å². The van der Waals surface area contributed by atoms with Crippen molar-refractivity contribution in [3.63, 3.8) is 0 Å². The topological polar surface area (TPSA) is 98.5 Å². The third kappa shape index (κ3) is 4.67. The number of nitrogens with one attached hydrogen (secondary N) is 1. The molecule has 0 saturated heterocycles. The minimum Gasteiger partial charge on any atom is -0.457 e. The highest BCUT2D eigenvalue weighted by Gasteiger charge is 2.18.